The van der Waals surface area contributed by atoms with Crippen LogP contribution in [0.1, 0.15) is 5.56 Å². The van der Waals surface area contributed by atoms with Crippen molar-refractivity contribution in [2.24, 2.45) is 0 Å². The van der Waals surface area contributed by atoms with Gasteiger partial charge in [-0.3, -0.25) is 24.3 Å². The van der Waals surface area contributed by atoms with Crippen LogP contribution in [0.25, 0.3) is 0 Å². The number of amides is 1. The molecule has 2 rings (SSSR count). The van der Waals surface area contributed by atoms with E-state index in [4.69, 9.17) is 0 Å². The molecule has 0 saturated heterocycles. The topological polar surface area (TPSA) is 107 Å². The number of carbonyl (C=O) groups excluding carboxylic acids is 1. The van der Waals surface area contributed by atoms with E-state index in [0.29, 0.717) is 5.13 Å². The van der Waals surface area contributed by atoms with Crippen LogP contribution in [0.5, 0.6) is 0 Å². The second-order valence-corrected chi connectivity index (χ2v) is 4.85. The maximum atomic E-state index is 11.8. The monoisotopic (exact) mass is 294 g/mol. The quantitative estimate of drug-likeness (QED) is 0.672. The van der Waals surface area contributed by atoms with Crippen molar-refractivity contribution < 1.29 is 9.72 Å². The lowest BCUT2D eigenvalue weighted by atomic mass is 10.3. The number of hydrogen-bond donors (Lipinski definition) is 1. The Kier molecular flexibility index (Phi) is 3.89. The van der Waals surface area contributed by atoms with E-state index in [1.54, 1.807) is 5.38 Å². The van der Waals surface area contributed by atoms with Gasteiger partial charge in [-0.1, -0.05) is 0 Å². The van der Waals surface area contributed by atoms with Crippen LogP contribution < -0.4 is 10.9 Å². The maximum absolute atomic E-state index is 11.8. The first-order valence-electron chi connectivity index (χ1n) is 5.52. The maximum Gasteiger partial charge on any atom is 0.286 e. The summed E-state index contributed by atoms with van der Waals surface area (Å²) in [6.45, 7) is 1.16. The standard InChI is InChI=1S/C11H10N4O4S/c1-7-4-8(15(18)19)5-14(10(7)17)6-9(16)13-11-12-2-3-20-11/h2-5H,6H2,1H3,(H,12,13,16). The number of nitro groups is 1. The van der Waals surface area contributed by atoms with Crippen molar-refractivity contribution in [3.05, 3.63) is 49.9 Å². The molecule has 0 aliphatic carbocycles. The molecule has 0 aromatic carbocycles. The lowest BCUT2D eigenvalue weighted by Gasteiger charge is -2.06. The number of thiazole rings is 1. The third-order valence-electron chi connectivity index (χ3n) is 2.45. The van der Waals surface area contributed by atoms with Crippen molar-refractivity contribution in [3.63, 3.8) is 0 Å². The van der Waals surface area contributed by atoms with Crippen LogP contribution in [0.15, 0.2) is 28.6 Å². The molecule has 0 aliphatic rings. The fraction of sp³-hybridized carbons (Fsp3) is 0.182. The van der Waals surface area contributed by atoms with Gasteiger partial charge in [0.1, 0.15) is 6.54 Å². The molecule has 8 nitrogen and oxygen atoms in total. The first-order chi connectivity index (χ1) is 9.47. The Labute approximate surface area is 116 Å². The van der Waals surface area contributed by atoms with Crippen LogP contribution in [0.4, 0.5) is 10.8 Å². The van der Waals surface area contributed by atoms with Crippen LogP contribution in [0.3, 0.4) is 0 Å². The van der Waals surface area contributed by atoms with Gasteiger partial charge in [0.25, 0.3) is 11.2 Å². The lowest BCUT2D eigenvalue weighted by molar-refractivity contribution is -0.385. The van der Waals surface area contributed by atoms with Gasteiger partial charge >= 0.3 is 0 Å². The molecule has 0 radical (unpaired) electrons. The molecule has 0 aliphatic heterocycles. The van der Waals surface area contributed by atoms with Crippen molar-refractivity contribution in [1.29, 1.82) is 0 Å². The third kappa shape index (κ3) is 3.06. The Morgan fingerprint density at radius 1 is 1.60 bits per heavy atom. The van der Waals surface area contributed by atoms with E-state index in [-0.39, 0.29) is 17.8 Å². The summed E-state index contributed by atoms with van der Waals surface area (Å²) in [6, 6.07) is 1.18. The number of nitrogens with zero attached hydrogens (tertiary/aromatic N) is 3. The first-order valence-corrected chi connectivity index (χ1v) is 6.40. The molecule has 1 N–H and O–H groups in total. The van der Waals surface area contributed by atoms with E-state index in [9.17, 15) is 19.7 Å². The molecule has 0 unspecified atom stereocenters. The number of anilines is 1. The number of hydrogen-bond acceptors (Lipinski definition) is 6. The summed E-state index contributed by atoms with van der Waals surface area (Å²) in [5, 5.41) is 15.3. The van der Waals surface area contributed by atoms with Crippen molar-refractivity contribution in [2.75, 3.05) is 5.32 Å². The molecular weight excluding hydrogens is 284 g/mol. The number of nitrogens with one attached hydrogen (secondary N) is 1. The highest BCUT2D eigenvalue weighted by molar-refractivity contribution is 7.13. The van der Waals surface area contributed by atoms with Gasteiger partial charge in [0.15, 0.2) is 5.13 Å². The SMILES string of the molecule is Cc1cc([N+](=O)[O-])cn(CC(=O)Nc2nccs2)c1=O. The predicted molar refractivity (Wildman–Crippen MR) is 72.8 cm³/mol. The molecule has 9 heteroatoms. The summed E-state index contributed by atoms with van der Waals surface area (Å²) in [5.41, 5.74) is -0.463. The van der Waals surface area contributed by atoms with Gasteiger partial charge in [-0.25, -0.2) is 4.98 Å². The molecule has 2 aromatic heterocycles. The van der Waals surface area contributed by atoms with Crippen LogP contribution >= 0.6 is 11.3 Å². The summed E-state index contributed by atoms with van der Waals surface area (Å²) >= 11 is 1.24. The van der Waals surface area contributed by atoms with Gasteiger partial charge < -0.3 is 5.32 Å². The van der Waals surface area contributed by atoms with Gasteiger partial charge in [0, 0.05) is 23.2 Å². The molecule has 0 bridgehead atoms. The fourth-order valence-electron chi connectivity index (χ4n) is 1.58. The van der Waals surface area contributed by atoms with Crippen molar-refractivity contribution in [2.45, 2.75) is 13.5 Å². The van der Waals surface area contributed by atoms with E-state index in [2.05, 4.69) is 10.3 Å². The average molecular weight is 294 g/mol. The smallest absolute Gasteiger partial charge is 0.286 e. The number of pyridine rings is 1. The van der Waals surface area contributed by atoms with Gasteiger partial charge in [0.05, 0.1) is 11.1 Å². The van der Waals surface area contributed by atoms with Crippen LogP contribution in [0, 0.1) is 17.0 Å². The van der Waals surface area contributed by atoms with Gasteiger partial charge in [-0.2, -0.15) is 0 Å². The first kappa shape index (κ1) is 13.9. The molecule has 0 saturated carbocycles. The van der Waals surface area contributed by atoms with Gasteiger partial charge in [0.2, 0.25) is 5.91 Å². The van der Waals surface area contributed by atoms with Gasteiger partial charge in [-0.15, -0.1) is 11.3 Å². The number of aryl methyl sites for hydroxylation is 1. The molecule has 0 atom stereocenters. The molecule has 0 spiro atoms. The van der Waals surface area contributed by atoms with Crippen molar-refractivity contribution in [3.8, 4) is 0 Å². The Morgan fingerprint density at radius 3 is 2.95 bits per heavy atom. The number of rotatable bonds is 4. The minimum absolute atomic E-state index is 0.209. The zero-order chi connectivity index (χ0) is 14.7. The summed E-state index contributed by atoms with van der Waals surface area (Å²) in [4.78, 5) is 37.6. The zero-order valence-electron chi connectivity index (χ0n) is 10.4. The summed E-state index contributed by atoms with van der Waals surface area (Å²) in [6.07, 6.45) is 2.58. The van der Waals surface area contributed by atoms with Crippen molar-refractivity contribution in [1.82, 2.24) is 9.55 Å². The molecule has 2 aromatic rings. The normalized spacial score (nSPS) is 10.2. The molecule has 0 fully saturated rings. The molecule has 1 amide bonds. The Morgan fingerprint density at radius 2 is 2.35 bits per heavy atom. The van der Waals surface area contributed by atoms with E-state index in [0.717, 1.165) is 10.8 Å². The lowest BCUT2D eigenvalue weighted by Crippen LogP contribution is -2.28. The Balaban J connectivity index is 2.22. The summed E-state index contributed by atoms with van der Waals surface area (Å²) < 4.78 is 1.01. The van der Waals surface area contributed by atoms with Crippen LogP contribution in [-0.4, -0.2) is 20.4 Å². The van der Waals surface area contributed by atoms with Gasteiger partial charge in [-0.05, 0) is 6.92 Å². The number of carbonyl (C=O) groups is 1. The van der Waals surface area contributed by atoms with E-state index >= 15 is 0 Å². The summed E-state index contributed by atoms with van der Waals surface area (Å²) in [7, 11) is 0. The fourth-order valence-corrected chi connectivity index (χ4v) is 2.13. The predicted octanol–water partition coefficient (Wildman–Crippen LogP) is 1.16. The highest BCUT2D eigenvalue weighted by atomic mass is 32.1. The highest BCUT2D eigenvalue weighted by Crippen LogP contribution is 2.11. The summed E-state index contributed by atoms with van der Waals surface area (Å²) in [5.74, 6) is -0.470. The molecule has 2 heterocycles. The molecule has 20 heavy (non-hydrogen) atoms. The minimum Gasteiger partial charge on any atom is -0.300 e. The second kappa shape index (κ2) is 5.61. The largest absolute Gasteiger partial charge is 0.300 e. The van der Waals surface area contributed by atoms with E-state index in [1.165, 1.54) is 30.5 Å². The minimum atomic E-state index is -0.609. The van der Waals surface area contributed by atoms with Crippen LogP contribution in [-0.2, 0) is 11.3 Å². The number of aromatic nitrogens is 2. The third-order valence-corrected chi connectivity index (χ3v) is 3.14. The Hall–Kier alpha value is -2.55. The van der Waals surface area contributed by atoms with Crippen molar-refractivity contribution >= 4 is 28.1 Å². The molecular formula is C11H10N4O4S. The highest BCUT2D eigenvalue weighted by Gasteiger charge is 2.14. The molecule has 104 valence electrons. The average Bonchev–Trinajstić information content (AvgIpc) is 2.87. The van der Waals surface area contributed by atoms with E-state index in [1.807, 2.05) is 0 Å². The second-order valence-electron chi connectivity index (χ2n) is 3.96. The van der Waals surface area contributed by atoms with Crippen LogP contribution in [0.2, 0.25) is 0 Å². The van der Waals surface area contributed by atoms with E-state index < -0.39 is 16.4 Å². The zero-order valence-corrected chi connectivity index (χ0v) is 11.2. The Bertz CT molecular complexity index is 708.